The molecular weight excluding hydrogens is 332 g/mol. The van der Waals surface area contributed by atoms with E-state index in [4.69, 9.17) is 4.74 Å². The van der Waals surface area contributed by atoms with Crippen LogP contribution in [0.2, 0.25) is 0 Å². The van der Waals surface area contributed by atoms with Crippen LogP contribution in [0.3, 0.4) is 0 Å². The van der Waals surface area contributed by atoms with Crippen molar-refractivity contribution in [2.24, 2.45) is 0 Å². The molecule has 5 nitrogen and oxygen atoms in total. The summed E-state index contributed by atoms with van der Waals surface area (Å²) in [6.07, 6.45) is 1.55. The van der Waals surface area contributed by atoms with Gasteiger partial charge in [-0.2, -0.15) is 8.78 Å². The van der Waals surface area contributed by atoms with Crippen molar-refractivity contribution >= 4 is 22.7 Å². The Balaban J connectivity index is 1.67. The van der Waals surface area contributed by atoms with E-state index in [2.05, 4.69) is 9.72 Å². The zero-order valence-electron chi connectivity index (χ0n) is 12.9. The number of benzene rings is 2. The number of aromatic amines is 1. The van der Waals surface area contributed by atoms with Crippen LogP contribution in [0.25, 0.3) is 10.9 Å². The molecule has 2 aromatic carbocycles. The summed E-state index contributed by atoms with van der Waals surface area (Å²) in [6, 6.07) is 12.4. The summed E-state index contributed by atoms with van der Waals surface area (Å²) in [7, 11) is 0. The zero-order chi connectivity index (χ0) is 17.8. The maximum atomic E-state index is 12.2. The first-order valence-corrected chi connectivity index (χ1v) is 7.36. The largest absolute Gasteiger partial charge is 0.454 e. The van der Waals surface area contributed by atoms with Gasteiger partial charge in [0.1, 0.15) is 5.75 Å². The van der Waals surface area contributed by atoms with Crippen molar-refractivity contribution in [1.29, 1.82) is 0 Å². The molecule has 0 amide bonds. The number of aromatic nitrogens is 1. The van der Waals surface area contributed by atoms with Gasteiger partial charge in [0.05, 0.1) is 5.56 Å². The Kier molecular flexibility index (Phi) is 4.74. The molecule has 25 heavy (non-hydrogen) atoms. The molecule has 0 aliphatic carbocycles. The minimum Gasteiger partial charge on any atom is -0.454 e. The van der Waals surface area contributed by atoms with E-state index < -0.39 is 19.2 Å². The van der Waals surface area contributed by atoms with Gasteiger partial charge in [0.25, 0.3) is 0 Å². The first kappa shape index (κ1) is 16.6. The Hall–Kier alpha value is -3.22. The van der Waals surface area contributed by atoms with Crippen LogP contribution in [-0.4, -0.2) is 30.0 Å². The van der Waals surface area contributed by atoms with Crippen LogP contribution in [0.15, 0.2) is 54.7 Å². The van der Waals surface area contributed by atoms with Crippen LogP contribution in [-0.2, 0) is 4.74 Å². The second kappa shape index (κ2) is 7.12. The van der Waals surface area contributed by atoms with Crippen LogP contribution in [0.1, 0.15) is 20.7 Å². The number of ketones is 1. The number of carbonyl (C=O) groups excluding carboxylic acids is 2. The number of esters is 1. The Morgan fingerprint density at radius 2 is 1.88 bits per heavy atom. The number of ether oxygens (including phenoxy) is 2. The predicted molar refractivity (Wildman–Crippen MR) is 86.0 cm³/mol. The molecule has 0 radical (unpaired) electrons. The van der Waals surface area contributed by atoms with Crippen LogP contribution in [0.4, 0.5) is 8.78 Å². The first-order chi connectivity index (χ1) is 12.0. The van der Waals surface area contributed by atoms with Crippen molar-refractivity contribution in [2.75, 3.05) is 6.61 Å². The third-order valence-corrected chi connectivity index (χ3v) is 3.52. The van der Waals surface area contributed by atoms with E-state index in [-0.39, 0.29) is 17.1 Å². The van der Waals surface area contributed by atoms with Gasteiger partial charge in [-0.05, 0) is 24.3 Å². The molecule has 3 rings (SSSR count). The number of hydrogen-bond donors (Lipinski definition) is 1. The molecule has 0 unspecified atom stereocenters. The van der Waals surface area contributed by atoms with Gasteiger partial charge in [-0.15, -0.1) is 0 Å². The fraction of sp³-hybridized carbons (Fsp3) is 0.111. The van der Waals surface area contributed by atoms with E-state index in [0.29, 0.717) is 5.56 Å². The highest BCUT2D eigenvalue weighted by molar-refractivity contribution is 6.09. The van der Waals surface area contributed by atoms with Crippen molar-refractivity contribution < 1.29 is 27.8 Å². The summed E-state index contributed by atoms with van der Waals surface area (Å²) in [5, 5.41) is 0.732. The number of rotatable bonds is 6. The molecule has 0 saturated heterocycles. The number of hydrogen-bond acceptors (Lipinski definition) is 4. The van der Waals surface area contributed by atoms with E-state index in [1.165, 1.54) is 18.2 Å². The maximum Gasteiger partial charge on any atom is 0.387 e. The van der Waals surface area contributed by atoms with Crippen molar-refractivity contribution in [3.05, 3.63) is 65.9 Å². The van der Waals surface area contributed by atoms with Gasteiger partial charge >= 0.3 is 12.6 Å². The molecule has 1 heterocycles. The summed E-state index contributed by atoms with van der Waals surface area (Å²) in [6.45, 7) is -3.45. The molecule has 0 spiro atoms. The van der Waals surface area contributed by atoms with Gasteiger partial charge in [-0.1, -0.05) is 24.3 Å². The van der Waals surface area contributed by atoms with E-state index in [9.17, 15) is 18.4 Å². The third kappa shape index (κ3) is 3.82. The summed E-state index contributed by atoms with van der Waals surface area (Å²) < 4.78 is 33.6. The number of Topliss-reactive ketones (excluding diaryl/α,β-unsaturated/α-hetero) is 1. The van der Waals surface area contributed by atoms with E-state index in [1.807, 2.05) is 12.1 Å². The minimum absolute atomic E-state index is 0.0184. The molecule has 0 aliphatic heterocycles. The normalized spacial score (nSPS) is 10.8. The van der Waals surface area contributed by atoms with Gasteiger partial charge in [-0.25, -0.2) is 4.79 Å². The van der Waals surface area contributed by atoms with Gasteiger partial charge in [-0.3, -0.25) is 4.79 Å². The lowest BCUT2D eigenvalue weighted by molar-refractivity contribution is -0.0499. The molecule has 7 heteroatoms. The quantitative estimate of drug-likeness (QED) is 0.545. The lowest BCUT2D eigenvalue weighted by atomic mass is 10.1. The van der Waals surface area contributed by atoms with Crippen LogP contribution < -0.4 is 4.74 Å². The average molecular weight is 345 g/mol. The molecule has 128 valence electrons. The average Bonchev–Trinajstić information content (AvgIpc) is 3.03. The standard InChI is InChI=1S/C18H13F2NO4/c19-18(20)25-12-5-3-4-11(8-12)17(23)24-10-16(22)14-9-21-15-7-2-1-6-13(14)15/h1-9,18,21H,10H2. The van der Waals surface area contributed by atoms with Crippen LogP contribution in [0.5, 0.6) is 5.75 Å². The topological polar surface area (TPSA) is 68.4 Å². The van der Waals surface area contributed by atoms with Gasteiger partial charge in [0.2, 0.25) is 5.78 Å². The number of nitrogens with one attached hydrogen (secondary N) is 1. The minimum atomic E-state index is -2.99. The van der Waals surface area contributed by atoms with Gasteiger partial charge < -0.3 is 14.5 Å². The predicted octanol–water partition coefficient (Wildman–Crippen LogP) is 3.81. The fourth-order valence-corrected chi connectivity index (χ4v) is 2.39. The number of halogens is 2. The summed E-state index contributed by atoms with van der Waals surface area (Å²) >= 11 is 0. The second-order valence-corrected chi connectivity index (χ2v) is 5.15. The highest BCUT2D eigenvalue weighted by atomic mass is 19.3. The first-order valence-electron chi connectivity index (χ1n) is 7.36. The Morgan fingerprint density at radius 1 is 1.08 bits per heavy atom. The van der Waals surface area contributed by atoms with Crippen LogP contribution in [0, 0.1) is 0 Å². The SMILES string of the molecule is O=C(OCC(=O)c1c[nH]c2ccccc12)c1cccc(OC(F)F)c1. The Bertz CT molecular complexity index is 920. The second-order valence-electron chi connectivity index (χ2n) is 5.15. The van der Waals surface area contributed by atoms with Crippen molar-refractivity contribution in [3.8, 4) is 5.75 Å². The van der Waals surface area contributed by atoms with Gasteiger partial charge in [0.15, 0.2) is 6.61 Å². The third-order valence-electron chi connectivity index (χ3n) is 3.52. The van der Waals surface area contributed by atoms with Crippen molar-refractivity contribution in [2.45, 2.75) is 6.61 Å². The Labute approximate surface area is 141 Å². The molecule has 3 aromatic rings. The monoisotopic (exact) mass is 345 g/mol. The van der Waals surface area contributed by atoms with Gasteiger partial charge in [0, 0.05) is 22.7 Å². The highest BCUT2D eigenvalue weighted by Gasteiger charge is 2.16. The molecular formula is C18H13F2NO4. The van der Waals surface area contributed by atoms with E-state index in [0.717, 1.165) is 17.0 Å². The van der Waals surface area contributed by atoms with E-state index >= 15 is 0 Å². The number of fused-ring (bicyclic) bond motifs is 1. The molecule has 0 aliphatic rings. The number of carbonyl (C=O) groups is 2. The lowest BCUT2D eigenvalue weighted by Crippen LogP contribution is -2.14. The molecule has 0 atom stereocenters. The highest BCUT2D eigenvalue weighted by Crippen LogP contribution is 2.19. The number of alkyl halides is 2. The zero-order valence-corrected chi connectivity index (χ0v) is 12.9. The molecule has 0 fully saturated rings. The summed E-state index contributed by atoms with van der Waals surface area (Å²) in [4.78, 5) is 27.2. The van der Waals surface area contributed by atoms with Crippen molar-refractivity contribution in [1.82, 2.24) is 4.98 Å². The number of para-hydroxylation sites is 1. The maximum absolute atomic E-state index is 12.2. The molecule has 0 bridgehead atoms. The smallest absolute Gasteiger partial charge is 0.387 e. The molecule has 1 N–H and O–H groups in total. The summed E-state index contributed by atoms with van der Waals surface area (Å²) in [5.74, 6) is -1.33. The molecule has 0 saturated carbocycles. The Morgan fingerprint density at radius 3 is 2.68 bits per heavy atom. The fourth-order valence-electron chi connectivity index (χ4n) is 2.39. The van der Waals surface area contributed by atoms with Crippen molar-refractivity contribution in [3.63, 3.8) is 0 Å². The van der Waals surface area contributed by atoms with E-state index in [1.54, 1.807) is 18.3 Å². The number of H-pyrrole nitrogens is 1. The molecule has 1 aromatic heterocycles. The lowest BCUT2D eigenvalue weighted by Gasteiger charge is -2.07. The van der Waals surface area contributed by atoms with Crippen LogP contribution >= 0.6 is 0 Å². The summed E-state index contributed by atoms with van der Waals surface area (Å²) in [5.41, 5.74) is 1.23.